The second-order valence-electron chi connectivity index (χ2n) is 13.4. The van der Waals surface area contributed by atoms with Gasteiger partial charge in [-0.2, -0.15) is 0 Å². The fourth-order valence-corrected chi connectivity index (χ4v) is 6.91. The van der Waals surface area contributed by atoms with E-state index in [0.29, 0.717) is 0 Å². The van der Waals surface area contributed by atoms with E-state index in [2.05, 4.69) is 17.1 Å². The van der Waals surface area contributed by atoms with Gasteiger partial charge in [0.15, 0.2) is 6.29 Å². The topological polar surface area (TPSA) is 118 Å². The van der Waals surface area contributed by atoms with Crippen molar-refractivity contribution in [1.29, 1.82) is 0 Å². The highest BCUT2D eigenvalue weighted by Gasteiger charge is 2.41. The molecule has 3 saturated heterocycles. The molecule has 0 aliphatic carbocycles. The van der Waals surface area contributed by atoms with E-state index in [1.165, 1.54) is 37.0 Å². The normalized spacial score (nSPS) is 25.1. The molecule has 3 fully saturated rings. The Labute approximate surface area is 288 Å². The van der Waals surface area contributed by atoms with Crippen LogP contribution in [0.4, 0.5) is 4.79 Å². The molecule has 5 atom stereocenters. The number of nitrogens with zero attached hydrogens (tertiary/aromatic N) is 2. The lowest BCUT2D eigenvalue weighted by Crippen LogP contribution is -2.45. The highest BCUT2D eigenvalue weighted by Crippen LogP contribution is 2.42. The number of likely N-dealkylation sites (tertiary alicyclic amines) is 2. The van der Waals surface area contributed by atoms with Crippen molar-refractivity contribution in [3.05, 3.63) is 107 Å². The Bertz CT molecular complexity index is 1540. The van der Waals surface area contributed by atoms with Gasteiger partial charge in [-0.25, -0.2) is 4.79 Å². The van der Waals surface area contributed by atoms with Crippen LogP contribution in [-0.4, -0.2) is 64.6 Å². The summed E-state index contributed by atoms with van der Waals surface area (Å²) in [6.07, 6.45) is 4.54. The monoisotopic (exact) mass is 669 g/mol. The average molecular weight is 670 g/mol. The fourth-order valence-electron chi connectivity index (χ4n) is 6.91. The number of hydrogen-bond donors (Lipinski definition) is 2. The number of benzene rings is 3. The Balaban J connectivity index is 1.10. The van der Waals surface area contributed by atoms with Crippen molar-refractivity contribution in [2.45, 2.75) is 89.7 Å². The molecule has 3 heterocycles. The van der Waals surface area contributed by atoms with E-state index in [0.717, 1.165) is 47.5 Å². The summed E-state index contributed by atoms with van der Waals surface area (Å²) in [5.41, 5.74) is 4.35. The van der Waals surface area contributed by atoms with Crippen molar-refractivity contribution in [3.8, 4) is 0 Å². The molecule has 3 aliphatic heterocycles. The van der Waals surface area contributed by atoms with Crippen molar-refractivity contribution in [2.75, 3.05) is 19.6 Å². The Kier molecular flexibility index (Phi) is 11.7. The first-order valence-corrected chi connectivity index (χ1v) is 17.5. The molecule has 0 radical (unpaired) electrons. The van der Waals surface area contributed by atoms with Crippen LogP contribution in [0.3, 0.4) is 0 Å². The van der Waals surface area contributed by atoms with Gasteiger partial charge in [0.1, 0.15) is 12.6 Å². The molecule has 10 nitrogen and oxygen atoms in total. The van der Waals surface area contributed by atoms with E-state index in [1.807, 2.05) is 78.9 Å². The fraction of sp³-hybridized carbons (Fsp3) is 0.462. The third-order valence-corrected chi connectivity index (χ3v) is 9.85. The summed E-state index contributed by atoms with van der Waals surface area (Å²) in [6, 6.07) is 23.8. The Morgan fingerprint density at radius 1 is 0.837 bits per heavy atom. The second-order valence-corrected chi connectivity index (χ2v) is 13.4. The van der Waals surface area contributed by atoms with Gasteiger partial charge in [0.2, 0.25) is 5.91 Å². The zero-order chi connectivity index (χ0) is 34.2. The minimum Gasteiger partial charge on any atom is -0.445 e. The molecule has 260 valence electrons. The molecule has 3 amide bonds. The molecule has 0 aromatic heterocycles. The van der Waals surface area contributed by atoms with Gasteiger partial charge in [0.05, 0.1) is 31.8 Å². The van der Waals surface area contributed by atoms with Crippen molar-refractivity contribution >= 4 is 17.9 Å². The van der Waals surface area contributed by atoms with Gasteiger partial charge in [-0.3, -0.25) is 14.5 Å². The Morgan fingerprint density at radius 2 is 1.49 bits per heavy atom. The molecule has 10 heteroatoms. The number of amides is 3. The standard InChI is InChI=1S/C39H47N3O7/c1-27-34(24-41-20-8-3-2-4-9-21-41)48-38(49-36(27)31-16-14-29(25-43)15-17-31)32-18-12-28(13-19-32)23-42-35(44)22-33(37(42)45)40-39(46)47-26-30-10-6-5-7-11-30/h5-7,10-19,27,33-34,36,38,43H,2-4,8-9,20-26H2,1H3,(H,40,46). The number of hydrogen-bond acceptors (Lipinski definition) is 8. The molecular formula is C39H47N3O7. The first kappa shape index (κ1) is 34.8. The minimum atomic E-state index is -0.963. The highest BCUT2D eigenvalue weighted by molar-refractivity contribution is 6.06. The summed E-state index contributed by atoms with van der Waals surface area (Å²) >= 11 is 0. The van der Waals surface area contributed by atoms with Gasteiger partial charge < -0.3 is 29.5 Å². The van der Waals surface area contributed by atoms with Crippen LogP contribution in [-0.2, 0) is 43.6 Å². The molecule has 0 spiro atoms. The predicted molar refractivity (Wildman–Crippen MR) is 183 cm³/mol. The summed E-state index contributed by atoms with van der Waals surface area (Å²) in [7, 11) is 0. The molecule has 49 heavy (non-hydrogen) atoms. The molecule has 0 bridgehead atoms. The first-order chi connectivity index (χ1) is 23.9. The minimum absolute atomic E-state index is 0.00981. The molecule has 6 rings (SSSR count). The van der Waals surface area contributed by atoms with Crippen LogP contribution in [0.2, 0.25) is 0 Å². The lowest BCUT2D eigenvalue weighted by atomic mass is 9.89. The van der Waals surface area contributed by atoms with Gasteiger partial charge in [0, 0.05) is 18.0 Å². The van der Waals surface area contributed by atoms with E-state index in [9.17, 15) is 19.5 Å². The van der Waals surface area contributed by atoms with E-state index in [1.54, 1.807) is 0 Å². The number of aliphatic hydroxyl groups excluding tert-OH is 1. The van der Waals surface area contributed by atoms with Crippen LogP contribution in [0.1, 0.15) is 85.7 Å². The summed E-state index contributed by atoms with van der Waals surface area (Å²) in [5.74, 6) is -0.705. The van der Waals surface area contributed by atoms with Crippen LogP contribution >= 0.6 is 0 Å². The molecule has 3 aliphatic rings. The number of nitrogens with one attached hydrogen (secondary N) is 1. The van der Waals surface area contributed by atoms with Gasteiger partial charge in [-0.1, -0.05) is 105 Å². The maximum Gasteiger partial charge on any atom is 0.408 e. The Hall–Kier alpha value is -4.09. The number of carbonyl (C=O) groups is 3. The summed E-state index contributed by atoms with van der Waals surface area (Å²) < 4.78 is 18.6. The smallest absolute Gasteiger partial charge is 0.408 e. The van der Waals surface area contributed by atoms with E-state index >= 15 is 0 Å². The molecule has 3 aromatic carbocycles. The molecule has 3 aromatic rings. The molecule has 5 unspecified atom stereocenters. The molecule has 0 saturated carbocycles. The number of carbonyl (C=O) groups excluding carboxylic acids is 3. The zero-order valence-corrected chi connectivity index (χ0v) is 28.2. The maximum atomic E-state index is 13.1. The van der Waals surface area contributed by atoms with Gasteiger partial charge >= 0.3 is 6.09 Å². The quantitative estimate of drug-likeness (QED) is 0.261. The second kappa shape index (κ2) is 16.5. The van der Waals surface area contributed by atoms with Gasteiger partial charge in [-0.15, -0.1) is 0 Å². The number of rotatable bonds is 10. The third-order valence-electron chi connectivity index (χ3n) is 9.85. The van der Waals surface area contributed by atoms with Crippen molar-refractivity contribution in [3.63, 3.8) is 0 Å². The van der Waals surface area contributed by atoms with Crippen LogP contribution in [0, 0.1) is 5.92 Å². The lowest BCUT2D eigenvalue weighted by molar-refractivity contribution is -0.276. The third kappa shape index (κ3) is 8.93. The van der Waals surface area contributed by atoms with Crippen molar-refractivity contribution in [2.24, 2.45) is 5.92 Å². The molecule has 2 N–H and O–H groups in total. The predicted octanol–water partition coefficient (Wildman–Crippen LogP) is 5.79. The van der Waals surface area contributed by atoms with Gasteiger partial charge in [-0.05, 0) is 48.2 Å². The van der Waals surface area contributed by atoms with Crippen LogP contribution < -0.4 is 5.32 Å². The van der Waals surface area contributed by atoms with Crippen LogP contribution in [0.25, 0.3) is 0 Å². The van der Waals surface area contributed by atoms with Crippen molar-refractivity contribution < 1.29 is 33.7 Å². The summed E-state index contributed by atoms with van der Waals surface area (Å²) in [4.78, 5) is 42.0. The summed E-state index contributed by atoms with van der Waals surface area (Å²) in [6.45, 7) is 5.32. The maximum absolute atomic E-state index is 13.1. The largest absolute Gasteiger partial charge is 0.445 e. The van der Waals surface area contributed by atoms with E-state index < -0.39 is 24.3 Å². The number of alkyl carbamates (subject to hydrolysis) is 1. The first-order valence-electron chi connectivity index (χ1n) is 17.5. The average Bonchev–Trinajstić information content (AvgIpc) is 3.37. The van der Waals surface area contributed by atoms with Crippen molar-refractivity contribution in [1.82, 2.24) is 15.1 Å². The number of ether oxygens (including phenoxy) is 3. The van der Waals surface area contributed by atoms with E-state index in [4.69, 9.17) is 14.2 Å². The molecular weight excluding hydrogens is 622 g/mol. The van der Waals surface area contributed by atoms with Gasteiger partial charge in [0.25, 0.3) is 5.91 Å². The van der Waals surface area contributed by atoms with Crippen LogP contribution in [0.5, 0.6) is 0 Å². The number of aliphatic hydroxyl groups is 1. The van der Waals surface area contributed by atoms with E-state index in [-0.39, 0.29) is 50.2 Å². The van der Waals surface area contributed by atoms with Crippen LogP contribution in [0.15, 0.2) is 78.9 Å². The highest BCUT2D eigenvalue weighted by atomic mass is 16.7. The SMILES string of the molecule is CC1C(CN2CCCCCCC2)OC(c2ccc(CN3C(=O)CC(NC(=O)OCc4ccccc4)C3=O)cc2)OC1c1ccc(CO)cc1. The zero-order valence-electron chi connectivity index (χ0n) is 28.2. The number of imide groups is 1. The Morgan fingerprint density at radius 3 is 2.18 bits per heavy atom. The lowest BCUT2D eigenvalue weighted by Gasteiger charge is -2.43. The summed E-state index contributed by atoms with van der Waals surface area (Å²) in [5, 5.41) is 12.1.